The van der Waals surface area contributed by atoms with Crippen LogP contribution in [0.25, 0.3) is 11.1 Å². The van der Waals surface area contributed by atoms with Crippen molar-refractivity contribution < 1.29 is 17.9 Å². The van der Waals surface area contributed by atoms with E-state index in [0.29, 0.717) is 30.3 Å². The van der Waals surface area contributed by atoms with Crippen LogP contribution in [0.4, 0.5) is 5.69 Å². The van der Waals surface area contributed by atoms with Crippen LogP contribution in [-0.4, -0.2) is 40.1 Å². The third-order valence-electron chi connectivity index (χ3n) is 5.54. The van der Waals surface area contributed by atoms with Crippen LogP contribution in [0.15, 0.2) is 47.4 Å². The van der Waals surface area contributed by atoms with Crippen molar-refractivity contribution in [2.75, 3.05) is 24.0 Å². The molecule has 2 aliphatic rings. The maximum absolute atomic E-state index is 13.3. The van der Waals surface area contributed by atoms with Gasteiger partial charge < -0.3 is 10.1 Å². The van der Waals surface area contributed by atoms with Gasteiger partial charge in [-0.25, -0.2) is 8.42 Å². The maximum atomic E-state index is 13.3. The second-order valence-corrected chi connectivity index (χ2v) is 9.71. The summed E-state index contributed by atoms with van der Waals surface area (Å²) in [5.41, 5.74) is 3.19. The summed E-state index contributed by atoms with van der Waals surface area (Å²) in [6.45, 7) is 5.07. The lowest BCUT2D eigenvalue weighted by atomic mass is 9.95. The van der Waals surface area contributed by atoms with Crippen LogP contribution in [0.2, 0.25) is 0 Å². The number of carbonyl (C=O) groups is 1. The topological polar surface area (TPSA) is 75.7 Å². The second kappa shape index (κ2) is 7.80. The Morgan fingerprint density at radius 3 is 2.72 bits per heavy atom. The Bertz CT molecular complexity index is 1030. The minimum absolute atomic E-state index is 0.0125. The number of nitrogens with one attached hydrogen (secondary N) is 1. The van der Waals surface area contributed by atoms with E-state index in [9.17, 15) is 13.2 Å². The molecule has 154 valence electrons. The zero-order valence-electron chi connectivity index (χ0n) is 16.7. The van der Waals surface area contributed by atoms with Gasteiger partial charge in [-0.2, -0.15) is 0 Å². The lowest BCUT2D eigenvalue weighted by Crippen LogP contribution is -2.44. The number of rotatable bonds is 5. The molecule has 0 aromatic heterocycles. The first kappa shape index (κ1) is 19.9. The highest BCUT2D eigenvalue weighted by Crippen LogP contribution is 2.43. The molecule has 2 heterocycles. The second-order valence-electron chi connectivity index (χ2n) is 7.88. The number of anilines is 1. The molecule has 4 rings (SSSR count). The van der Waals surface area contributed by atoms with Crippen LogP contribution < -0.4 is 9.62 Å². The molecule has 2 aliphatic heterocycles. The Kier molecular flexibility index (Phi) is 5.36. The first-order valence-electron chi connectivity index (χ1n) is 10.0. The molecule has 0 saturated carbocycles. The monoisotopic (exact) mass is 414 g/mol. The van der Waals surface area contributed by atoms with Crippen LogP contribution in [0.1, 0.15) is 38.2 Å². The van der Waals surface area contributed by atoms with Gasteiger partial charge in [0.2, 0.25) is 5.91 Å². The van der Waals surface area contributed by atoms with Crippen molar-refractivity contribution in [3.8, 4) is 11.1 Å². The minimum Gasteiger partial charge on any atom is -0.376 e. The van der Waals surface area contributed by atoms with Gasteiger partial charge >= 0.3 is 0 Å². The Hall–Kier alpha value is -2.38. The summed E-state index contributed by atoms with van der Waals surface area (Å²) in [7, 11) is -3.82. The van der Waals surface area contributed by atoms with Crippen LogP contribution in [0, 0.1) is 0 Å². The van der Waals surface area contributed by atoms with E-state index in [1.165, 1.54) is 4.31 Å². The van der Waals surface area contributed by atoms with E-state index in [1.807, 2.05) is 30.3 Å². The van der Waals surface area contributed by atoms with E-state index in [4.69, 9.17) is 4.74 Å². The number of benzene rings is 2. The van der Waals surface area contributed by atoms with Crippen LogP contribution >= 0.6 is 0 Å². The average Bonchev–Trinajstić information content (AvgIpc) is 3.23. The molecule has 1 saturated heterocycles. The van der Waals surface area contributed by atoms with Gasteiger partial charge in [0.15, 0.2) is 0 Å². The zero-order valence-corrected chi connectivity index (χ0v) is 17.5. The predicted molar refractivity (Wildman–Crippen MR) is 112 cm³/mol. The number of hydrogen-bond acceptors (Lipinski definition) is 4. The van der Waals surface area contributed by atoms with Gasteiger partial charge in [0.1, 0.15) is 6.54 Å². The van der Waals surface area contributed by atoms with Crippen molar-refractivity contribution in [2.24, 2.45) is 0 Å². The van der Waals surface area contributed by atoms with E-state index >= 15 is 0 Å². The molecule has 29 heavy (non-hydrogen) atoms. The number of ether oxygens (including phenoxy) is 1. The van der Waals surface area contributed by atoms with E-state index in [-0.39, 0.29) is 23.5 Å². The summed E-state index contributed by atoms with van der Waals surface area (Å²) < 4.78 is 33.4. The molecule has 1 atom stereocenters. The van der Waals surface area contributed by atoms with Crippen molar-refractivity contribution in [1.29, 1.82) is 0 Å². The smallest absolute Gasteiger partial charge is 0.265 e. The largest absolute Gasteiger partial charge is 0.376 e. The zero-order chi connectivity index (χ0) is 20.6. The molecule has 0 unspecified atom stereocenters. The summed E-state index contributed by atoms with van der Waals surface area (Å²) in [6, 6.07) is 12.8. The molecule has 6 nitrogen and oxygen atoms in total. The Morgan fingerprint density at radius 2 is 2.00 bits per heavy atom. The normalized spacial score (nSPS) is 19.7. The highest BCUT2D eigenvalue weighted by molar-refractivity contribution is 7.93. The third-order valence-corrected chi connectivity index (χ3v) is 7.36. The summed E-state index contributed by atoms with van der Waals surface area (Å²) in [5, 5.41) is 2.82. The standard InChI is InChI=1S/C22H26N2O4S/c1-15(2)16-9-10-20-19(12-16)18-7-3-4-8-21(18)29(26,27)24(20)14-22(25)23-13-17-6-5-11-28-17/h3-4,7-10,12,15,17H,5-6,11,13-14H2,1-2H3,(H,23,25)/t17-/m1/s1. The predicted octanol–water partition coefficient (Wildman–Crippen LogP) is 3.28. The number of amides is 1. The number of sulfonamides is 1. The molecule has 0 bridgehead atoms. The van der Waals surface area contributed by atoms with E-state index in [0.717, 1.165) is 24.0 Å². The third kappa shape index (κ3) is 3.76. The number of carbonyl (C=O) groups excluding carboxylic acids is 1. The lowest BCUT2D eigenvalue weighted by molar-refractivity contribution is -0.120. The molecule has 7 heteroatoms. The first-order chi connectivity index (χ1) is 13.9. The van der Waals surface area contributed by atoms with Crippen molar-refractivity contribution in [1.82, 2.24) is 5.32 Å². The number of hydrogen-bond donors (Lipinski definition) is 1. The van der Waals surface area contributed by atoms with Crippen LogP contribution in [0.5, 0.6) is 0 Å². The minimum atomic E-state index is -3.82. The fourth-order valence-electron chi connectivity index (χ4n) is 3.90. The van der Waals surface area contributed by atoms with Gasteiger partial charge in [0.25, 0.3) is 10.0 Å². The van der Waals surface area contributed by atoms with Crippen molar-refractivity contribution in [3.05, 3.63) is 48.0 Å². The van der Waals surface area contributed by atoms with Crippen molar-refractivity contribution in [3.63, 3.8) is 0 Å². The van der Waals surface area contributed by atoms with E-state index in [2.05, 4.69) is 19.2 Å². The highest BCUT2D eigenvalue weighted by atomic mass is 32.2. The SMILES string of the molecule is CC(C)c1ccc2c(c1)-c1ccccc1S(=O)(=O)N2CC(=O)NC[C@H]1CCCO1. The van der Waals surface area contributed by atoms with Gasteiger partial charge in [-0.15, -0.1) is 0 Å². The molecular weight excluding hydrogens is 388 g/mol. The Morgan fingerprint density at radius 1 is 1.21 bits per heavy atom. The van der Waals surface area contributed by atoms with Gasteiger partial charge in [-0.3, -0.25) is 9.10 Å². The quantitative estimate of drug-likeness (QED) is 0.815. The van der Waals surface area contributed by atoms with Crippen LogP contribution in [-0.2, 0) is 19.6 Å². The van der Waals surface area contributed by atoms with Gasteiger partial charge in [-0.1, -0.05) is 38.1 Å². The molecule has 1 fully saturated rings. The van der Waals surface area contributed by atoms with Crippen molar-refractivity contribution >= 4 is 21.6 Å². The maximum Gasteiger partial charge on any atom is 0.265 e. The molecule has 1 N–H and O–H groups in total. The molecular formula is C22H26N2O4S. The van der Waals surface area contributed by atoms with Gasteiger partial charge in [0.05, 0.1) is 16.7 Å². The van der Waals surface area contributed by atoms with E-state index < -0.39 is 10.0 Å². The molecule has 0 aliphatic carbocycles. The molecule has 2 aromatic rings. The number of fused-ring (bicyclic) bond motifs is 3. The molecule has 0 spiro atoms. The summed E-state index contributed by atoms with van der Waals surface area (Å²) in [6.07, 6.45) is 1.92. The van der Waals surface area contributed by atoms with Gasteiger partial charge in [0, 0.05) is 24.3 Å². The molecule has 2 aromatic carbocycles. The van der Waals surface area contributed by atoms with Crippen LogP contribution in [0.3, 0.4) is 0 Å². The van der Waals surface area contributed by atoms with Gasteiger partial charge in [-0.05, 0) is 42.5 Å². The Labute approximate surface area is 171 Å². The molecule has 1 amide bonds. The average molecular weight is 415 g/mol. The summed E-state index contributed by atoms with van der Waals surface area (Å²) >= 11 is 0. The Balaban J connectivity index is 1.68. The lowest BCUT2D eigenvalue weighted by Gasteiger charge is -2.32. The first-order valence-corrected chi connectivity index (χ1v) is 11.5. The molecule has 0 radical (unpaired) electrons. The fourth-order valence-corrected chi connectivity index (χ4v) is 5.55. The van der Waals surface area contributed by atoms with E-state index in [1.54, 1.807) is 12.1 Å². The summed E-state index contributed by atoms with van der Waals surface area (Å²) in [4.78, 5) is 12.8. The van der Waals surface area contributed by atoms with Crippen molar-refractivity contribution in [2.45, 2.75) is 43.6 Å². The number of nitrogens with zero attached hydrogens (tertiary/aromatic N) is 1. The fraction of sp³-hybridized carbons (Fsp3) is 0.409. The highest BCUT2D eigenvalue weighted by Gasteiger charge is 2.36. The summed E-state index contributed by atoms with van der Waals surface area (Å²) in [5.74, 6) is -0.0171.